The molecule has 3 heteroatoms. The predicted octanol–water partition coefficient (Wildman–Crippen LogP) is 3.40. The van der Waals surface area contributed by atoms with Crippen LogP contribution in [-0.2, 0) is 0 Å². The second-order valence-electron chi connectivity index (χ2n) is 4.30. The molecule has 1 rings (SSSR count). The molecule has 0 aliphatic carbocycles. The van der Waals surface area contributed by atoms with Gasteiger partial charge in [-0.1, -0.05) is 25.4 Å². The quantitative estimate of drug-likeness (QED) is 0.801. The van der Waals surface area contributed by atoms with E-state index >= 15 is 0 Å². The van der Waals surface area contributed by atoms with Gasteiger partial charge in [-0.2, -0.15) is 0 Å². The van der Waals surface area contributed by atoms with E-state index in [0.29, 0.717) is 12.0 Å². The van der Waals surface area contributed by atoms with Gasteiger partial charge in [-0.25, -0.2) is 0 Å². The Hall–Kier alpha value is -0.890. The molecule has 0 aromatic heterocycles. The van der Waals surface area contributed by atoms with Gasteiger partial charge in [-0.05, 0) is 31.0 Å². The van der Waals surface area contributed by atoms with E-state index in [1.165, 1.54) is 0 Å². The molecule has 15 heavy (non-hydrogen) atoms. The number of nitrogens with zero attached hydrogens (tertiary/aromatic N) is 1. The molecule has 0 fully saturated rings. The lowest BCUT2D eigenvalue weighted by Crippen LogP contribution is -2.33. The van der Waals surface area contributed by atoms with Crippen LogP contribution >= 0.6 is 11.6 Å². The summed E-state index contributed by atoms with van der Waals surface area (Å²) in [6.45, 7) is 6.58. The number of nitrogens with two attached hydrogens (primary N) is 1. The van der Waals surface area contributed by atoms with Crippen LogP contribution in [0.2, 0.25) is 5.02 Å². The van der Waals surface area contributed by atoms with Crippen LogP contribution in [0, 0.1) is 5.92 Å². The van der Waals surface area contributed by atoms with E-state index in [4.69, 9.17) is 17.3 Å². The minimum absolute atomic E-state index is 0.436. The predicted molar refractivity (Wildman–Crippen MR) is 68.6 cm³/mol. The van der Waals surface area contributed by atoms with E-state index in [9.17, 15) is 0 Å². The average Bonchev–Trinajstić information content (AvgIpc) is 2.19. The van der Waals surface area contributed by atoms with Gasteiger partial charge < -0.3 is 10.6 Å². The van der Waals surface area contributed by atoms with Gasteiger partial charge in [-0.3, -0.25) is 0 Å². The number of hydrogen-bond donors (Lipinski definition) is 1. The zero-order valence-corrected chi connectivity index (χ0v) is 10.5. The van der Waals surface area contributed by atoms with Crippen LogP contribution < -0.4 is 10.6 Å². The maximum absolute atomic E-state index is 5.96. The van der Waals surface area contributed by atoms with Gasteiger partial charge in [0.05, 0.1) is 11.4 Å². The van der Waals surface area contributed by atoms with Gasteiger partial charge in [0.2, 0.25) is 0 Å². The average molecular weight is 227 g/mol. The van der Waals surface area contributed by atoms with Crippen molar-refractivity contribution in [2.75, 3.05) is 17.7 Å². The molecule has 0 saturated carbocycles. The summed E-state index contributed by atoms with van der Waals surface area (Å²) in [7, 11) is 2.05. The van der Waals surface area contributed by atoms with Crippen molar-refractivity contribution in [2.45, 2.75) is 26.8 Å². The van der Waals surface area contributed by atoms with Crippen molar-refractivity contribution >= 4 is 23.0 Å². The summed E-state index contributed by atoms with van der Waals surface area (Å²) in [5, 5.41) is 0.724. The highest BCUT2D eigenvalue weighted by molar-refractivity contribution is 6.31. The van der Waals surface area contributed by atoms with E-state index in [0.717, 1.165) is 16.4 Å². The standard InChI is InChI=1S/C12H19ClN2/c1-8(2)9(3)15(4)12-7-10(13)5-6-11(12)14/h5-9H,14H2,1-4H3. The Balaban J connectivity index is 2.99. The number of rotatable bonds is 3. The van der Waals surface area contributed by atoms with Gasteiger partial charge in [0.25, 0.3) is 0 Å². The van der Waals surface area contributed by atoms with Gasteiger partial charge in [0.1, 0.15) is 0 Å². The Kier molecular flexibility index (Phi) is 3.86. The molecular formula is C12H19ClN2. The molecule has 1 aromatic rings. The molecule has 0 aliphatic rings. The summed E-state index contributed by atoms with van der Waals surface area (Å²) in [6, 6.07) is 6.01. The van der Waals surface area contributed by atoms with Crippen LogP contribution in [0.1, 0.15) is 20.8 Å². The Morgan fingerprint density at radius 3 is 2.40 bits per heavy atom. The number of benzene rings is 1. The smallest absolute Gasteiger partial charge is 0.0614 e. The second-order valence-corrected chi connectivity index (χ2v) is 4.74. The highest BCUT2D eigenvalue weighted by Gasteiger charge is 2.15. The van der Waals surface area contributed by atoms with Crippen LogP contribution in [0.5, 0.6) is 0 Å². The molecule has 1 unspecified atom stereocenters. The summed E-state index contributed by atoms with van der Waals surface area (Å²) in [4.78, 5) is 2.17. The summed E-state index contributed by atoms with van der Waals surface area (Å²) in [6.07, 6.45) is 0. The first-order valence-electron chi connectivity index (χ1n) is 5.21. The first-order valence-corrected chi connectivity index (χ1v) is 5.59. The summed E-state index contributed by atoms with van der Waals surface area (Å²) < 4.78 is 0. The van der Waals surface area contributed by atoms with Crippen molar-refractivity contribution in [1.82, 2.24) is 0 Å². The fourth-order valence-corrected chi connectivity index (χ4v) is 1.66. The number of halogens is 1. The highest BCUT2D eigenvalue weighted by atomic mass is 35.5. The van der Waals surface area contributed by atoms with Crippen molar-refractivity contribution in [1.29, 1.82) is 0 Å². The Morgan fingerprint density at radius 2 is 1.87 bits per heavy atom. The third-order valence-electron chi connectivity index (χ3n) is 2.95. The highest BCUT2D eigenvalue weighted by Crippen LogP contribution is 2.28. The van der Waals surface area contributed by atoms with Gasteiger partial charge in [-0.15, -0.1) is 0 Å². The molecule has 2 nitrogen and oxygen atoms in total. The monoisotopic (exact) mass is 226 g/mol. The van der Waals surface area contributed by atoms with Crippen molar-refractivity contribution in [2.24, 2.45) is 5.92 Å². The minimum atomic E-state index is 0.436. The fraction of sp³-hybridized carbons (Fsp3) is 0.500. The fourth-order valence-electron chi connectivity index (χ4n) is 1.49. The van der Waals surface area contributed by atoms with Crippen LogP contribution in [0.4, 0.5) is 11.4 Å². The van der Waals surface area contributed by atoms with E-state index in [-0.39, 0.29) is 0 Å². The third kappa shape index (κ3) is 2.78. The van der Waals surface area contributed by atoms with Crippen LogP contribution in [0.15, 0.2) is 18.2 Å². The minimum Gasteiger partial charge on any atom is -0.397 e. The first kappa shape index (κ1) is 12.2. The van der Waals surface area contributed by atoms with Crippen LogP contribution in [0.25, 0.3) is 0 Å². The van der Waals surface area contributed by atoms with Crippen molar-refractivity contribution in [3.05, 3.63) is 23.2 Å². The molecule has 0 saturated heterocycles. The largest absolute Gasteiger partial charge is 0.397 e. The van der Waals surface area contributed by atoms with E-state index in [1.54, 1.807) is 0 Å². The molecule has 84 valence electrons. The first-order chi connectivity index (χ1) is 6.93. The number of nitrogen functional groups attached to an aromatic ring is 1. The maximum atomic E-state index is 5.96. The van der Waals surface area contributed by atoms with Crippen molar-refractivity contribution in [3.8, 4) is 0 Å². The molecule has 2 N–H and O–H groups in total. The lowest BCUT2D eigenvalue weighted by atomic mass is 10.0. The van der Waals surface area contributed by atoms with Gasteiger partial charge in [0, 0.05) is 18.1 Å². The third-order valence-corrected chi connectivity index (χ3v) is 3.18. The molecule has 0 amide bonds. The maximum Gasteiger partial charge on any atom is 0.0614 e. The Bertz CT molecular complexity index is 336. The van der Waals surface area contributed by atoms with Gasteiger partial charge in [0.15, 0.2) is 0 Å². The summed E-state index contributed by atoms with van der Waals surface area (Å²) >= 11 is 5.96. The lowest BCUT2D eigenvalue weighted by Gasteiger charge is -2.31. The summed E-state index contributed by atoms with van der Waals surface area (Å²) in [5.41, 5.74) is 7.70. The molecule has 0 bridgehead atoms. The molecule has 0 spiro atoms. The zero-order chi connectivity index (χ0) is 11.6. The normalized spacial score (nSPS) is 12.9. The summed E-state index contributed by atoms with van der Waals surface area (Å²) in [5.74, 6) is 0.577. The molecule has 1 atom stereocenters. The number of hydrogen-bond acceptors (Lipinski definition) is 2. The zero-order valence-electron chi connectivity index (χ0n) is 9.79. The molecule has 0 aliphatic heterocycles. The molecule has 1 aromatic carbocycles. The Morgan fingerprint density at radius 1 is 1.27 bits per heavy atom. The topological polar surface area (TPSA) is 29.3 Å². The molecule has 0 radical (unpaired) electrons. The number of anilines is 2. The molecular weight excluding hydrogens is 208 g/mol. The lowest BCUT2D eigenvalue weighted by molar-refractivity contribution is 0.506. The van der Waals surface area contributed by atoms with E-state index in [2.05, 4.69) is 25.7 Å². The van der Waals surface area contributed by atoms with Crippen LogP contribution in [0.3, 0.4) is 0 Å². The second kappa shape index (κ2) is 4.75. The van der Waals surface area contributed by atoms with Gasteiger partial charge >= 0.3 is 0 Å². The van der Waals surface area contributed by atoms with Crippen molar-refractivity contribution < 1.29 is 0 Å². The van der Waals surface area contributed by atoms with Crippen molar-refractivity contribution in [3.63, 3.8) is 0 Å². The van der Waals surface area contributed by atoms with Crippen LogP contribution in [-0.4, -0.2) is 13.1 Å². The molecule has 0 heterocycles. The van der Waals surface area contributed by atoms with E-state index in [1.807, 2.05) is 25.2 Å². The SMILES string of the molecule is CC(C)C(C)N(C)c1cc(Cl)ccc1N. The van der Waals surface area contributed by atoms with E-state index < -0.39 is 0 Å². The Labute approximate surface area is 97.0 Å².